The minimum Gasteiger partial charge on any atom is -0.395 e. The third kappa shape index (κ3) is 3.30. The van der Waals surface area contributed by atoms with Gasteiger partial charge in [0.25, 0.3) is 0 Å². The van der Waals surface area contributed by atoms with Crippen molar-refractivity contribution in [3.63, 3.8) is 0 Å². The first-order chi connectivity index (χ1) is 7.10. The van der Waals surface area contributed by atoms with Gasteiger partial charge >= 0.3 is 0 Å². The van der Waals surface area contributed by atoms with Gasteiger partial charge in [0, 0.05) is 12.0 Å². The van der Waals surface area contributed by atoms with E-state index in [9.17, 15) is 5.11 Å². The van der Waals surface area contributed by atoms with Gasteiger partial charge in [-0.25, -0.2) is 0 Å². The van der Waals surface area contributed by atoms with Crippen LogP contribution in [0.2, 0.25) is 0 Å². The highest BCUT2D eigenvalue weighted by Gasteiger charge is 2.18. The van der Waals surface area contributed by atoms with Crippen molar-refractivity contribution in [1.29, 1.82) is 0 Å². The zero-order chi connectivity index (χ0) is 11.3. The molecule has 0 unspecified atom stereocenters. The van der Waals surface area contributed by atoms with Gasteiger partial charge in [-0.1, -0.05) is 38.1 Å². The highest BCUT2D eigenvalue weighted by atomic mass is 16.6. The van der Waals surface area contributed by atoms with Crippen molar-refractivity contribution in [2.45, 2.75) is 25.8 Å². The van der Waals surface area contributed by atoms with Crippen molar-refractivity contribution in [3.05, 3.63) is 35.4 Å². The van der Waals surface area contributed by atoms with Gasteiger partial charge in [0.1, 0.15) is 0 Å². The summed E-state index contributed by atoms with van der Waals surface area (Å²) in [7, 11) is 1.60. The molecule has 0 aliphatic rings. The Labute approximate surface area is 91.0 Å². The molecule has 3 heteroatoms. The van der Waals surface area contributed by atoms with Crippen molar-refractivity contribution in [3.8, 4) is 0 Å². The minimum atomic E-state index is -0.173. The van der Waals surface area contributed by atoms with Crippen molar-refractivity contribution in [2.24, 2.45) is 0 Å². The zero-order valence-electron chi connectivity index (χ0n) is 9.58. The van der Waals surface area contributed by atoms with Gasteiger partial charge in [-0.3, -0.25) is 0 Å². The molecule has 3 nitrogen and oxygen atoms in total. The van der Waals surface area contributed by atoms with Gasteiger partial charge in [0.05, 0.1) is 13.7 Å². The molecule has 0 saturated carbocycles. The minimum absolute atomic E-state index is 0.155. The van der Waals surface area contributed by atoms with Gasteiger partial charge in [0.15, 0.2) is 0 Å². The molecule has 0 saturated heterocycles. The molecule has 0 heterocycles. The summed E-state index contributed by atoms with van der Waals surface area (Å²) in [5.74, 6) is 0. The lowest BCUT2D eigenvalue weighted by atomic mass is 9.85. The quantitative estimate of drug-likeness (QED) is 0.724. The molecule has 0 bridgehead atoms. The monoisotopic (exact) mass is 209 g/mol. The number of nitrogens with one attached hydrogen (secondary N) is 1. The zero-order valence-corrected chi connectivity index (χ0v) is 9.58. The fraction of sp³-hybridized carbons (Fsp3) is 0.500. The van der Waals surface area contributed by atoms with E-state index < -0.39 is 0 Å². The number of hydrogen-bond donors (Lipinski definition) is 2. The Morgan fingerprint density at radius 2 is 1.87 bits per heavy atom. The molecule has 0 atom stereocenters. The molecule has 0 fully saturated rings. The molecule has 0 aliphatic carbocycles. The van der Waals surface area contributed by atoms with Crippen LogP contribution in [-0.2, 0) is 16.8 Å². The Balaban J connectivity index is 2.72. The van der Waals surface area contributed by atoms with E-state index in [-0.39, 0.29) is 12.0 Å². The number of benzene rings is 1. The molecule has 1 aromatic carbocycles. The lowest BCUT2D eigenvalue weighted by Gasteiger charge is -2.22. The standard InChI is InChI=1S/C12H19NO2/c1-12(2,9-14)11-6-4-10(5-7-11)8-13-15-3/h4-7,13-14H,8-9H2,1-3H3. The Morgan fingerprint density at radius 3 is 2.33 bits per heavy atom. The topological polar surface area (TPSA) is 41.5 Å². The molecule has 0 aromatic heterocycles. The molecule has 0 aliphatic heterocycles. The van der Waals surface area contributed by atoms with Gasteiger partial charge in [-0.2, -0.15) is 5.48 Å². The summed E-state index contributed by atoms with van der Waals surface area (Å²) in [4.78, 5) is 4.77. The van der Waals surface area contributed by atoms with Crippen LogP contribution < -0.4 is 5.48 Å². The summed E-state index contributed by atoms with van der Waals surface area (Å²) >= 11 is 0. The second kappa shape index (κ2) is 5.26. The predicted molar refractivity (Wildman–Crippen MR) is 60.4 cm³/mol. The van der Waals surface area contributed by atoms with Crippen LogP contribution >= 0.6 is 0 Å². The van der Waals surface area contributed by atoms with Crippen LogP contribution in [0.3, 0.4) is 0 Å². The molecule has 1 aromatic rings. The first-order valence-corrected chi connectivity index (χ1v) is 5.06. The summed E-state index contributed by atoms with van der Waals surface area (Å²) in [5.41, 5.74) is 4.92. The summed E-state index contributed by atoms with van der Waals surface area (Å²) in [6.45, 7) is 4.89. The Kier molecular flexibility index (Phi) is 4.27. The molecule has 1 rings (SSSR count). The van der Waals surface area contributed by atoms with E-state index in [1.165, 1.54) is 0 Å². The van der Waals surface area contributed by atoms with Crippen LogP contribution in [0.1, 0.15) is 25.0 Å². The summed E-state index contributed by atoms with van der Waals surface area (Å²) in [6, 6.07) is 8.17. The van der Waals surface area contributed by atoms with Gasteiger partial charge < -0.3 is 9.94 Å². The van der Waals surface area contributed by atoms with Crippen molar-refractivity contribution < 1.29 is 9.94 Å². The predicted octanol–water partition coefficient (Wildman–Crippen LogP) is 1.61. The maximum Gasteiger partial charge on any atom is 0.0572 e. The summed E-state index contributed by atoms with van der Waals surface area (Å²) < 4.78 is 0. The van der Waals surface area contributed by atoms with E-state index in [0.717, 1.165) is 11.1 Å². The van der Waals surface area contributed by atoms with E-state index in [1.807, 2.05) is 38.1 Å². The third-order valence-corrected chi connectivity index (χ3v) is 2.55. The highest BCUT2D eigenvalue weighted by Crippen LogP contribution is 2.22. The lowest BCUT2D eigenvalue weighted by molar-refractivity contribution is 0.0867. The average Bonchev–Trinajstić information content (AvgIpc) is 2.27. The number of hydrogen-bond acceptors (Lipinski definition) is 3. The van der Waals surface area contributed by atoms with Crippen molar-refractivity contribution in [2.75, 3.05) is 13.7 Å². The average molecular weight is 209 g/mol. The van der Waals surface area contributed by atoms with Gasteiger partial charge in [-0.05, 0) is 11.1 Å². The molecule has 2 N–H and O–H groups in total. The van der Waals surface area contributed by atoms with Crippen LogP contribution in [0.5, 0.6) is 0 Å². The SMILES string of the molecule is CONCc1ccc(C(C)(C)CO)cc1. The Bertz CT molecular complexity index is 293. The van der Waals surface area contributed by atoms with Crippen LogP contribution in [0.25, 0.3) is 0 Å². The molecular formula is C12H19NO2. The van der Waals surface area contributed by atoms with Crippen LogP contribution in [0.4, 0.5) is 0 Å². The smallest absolute Gasteiger partial charge is 0.0572 e. The van der Waals surface area contributed by atoms with Crippen LogP contribution in [0.15, 0.2) is 24.3 Å². The first kappa shape index (κ1) is 12.2. The fourth-order valence-electron chi connectivity index (χ4n) is 1.32. The molecule has 0 spiro atoms. The maximum atomic E-state index is 9.23. The van der Waals surface area contributed by atoms with E-state index in [2.05, 4.69) is 5.48 Å². The Morgan fingerprint density at radius 1 is 1.27 bits per heavy atom. The number of aliphatic hydroxyl groups excluding tert-OH is 1. The lowest BCUT2D eigenvalue weighted by Crippen LogP contribution is -2.22. The van der Waals surface area contributed by atoms with Crippen LogP contribution in [-0.4, -0.2) is 18.8 Å². The number of hydroxylamine groups is 1. The summed E-state index contributed by atoms with van der Waals surface area (Å²) in [5, 5.41) is 9.23. The first-order valence-electron chi connectivity index (χ1n) is 5.06. The number of aliphatic hydroxyl groups is 1. The Hall–Kier alpha value is -0.900. The van der Waals surface area contributed by atoms with E-state index in [1.54, 1.807) is 7.11 Å². The third-order valence-electron chi connectivity index (χ3n) is 2.55. The van der Waals surface area contributed by atoms with Crippen LogP contribution in [0, 0.1) is 0 Å². The van der Waals surface area contributed by atoms with Crippen molar-refractivity contribution >= 4 is 0 Å². The van der Waals surface area contributed by atoms with E-state index in [4.69, 9.17) is 4.84 Å². The van der Waals surface area contributed by atoms with E-state index in [0.29, 0.717) is 6.54 Å². The molecular weight excluding hydrogens is 190 g/mol. The molecule has 0 radical (unpaired) electrons. The van der Waals surface area contributed by atoms with E-state index >= 15 is 0 Å². The second-order valence-electron chi connectivity index (χ2n) is 4.26. The summed E-state index contributed by atoms with van der Waals surface area (Å²) in [6.07, 6.45) is 0. The van der Waals surface area contributed by atoms with Gasteiger partial charge in [-0.15, -0.1) is 0 Å². The second-order valence-corrected chi connectivity index (χ2v) is 4.26. The highest BCUT2D eigenvalue weighted by molar-refractivity contribution is 5.28. The molecule has 15 heavy (non-hydrogen) atoms. The normalized spacial score (nSPS) is 11.7. The number of rotatable bonds is 5. The van der Waals surface area contributed by atoms with Crippen molar-refractivity contribution in [1.82, 2.24) is 5.48 Å². The largest absolute Gasteiger partial charge is 0.395 e. The maximum absolute atomic E-state index is 9.23. The fourth-order valence-corrected chi connectivity index (χ4v) is 1.32. The van der Waals surface area contributed by atoms with Gasteiger partial charge in [0.2, 0.25) is 0 Å². The molecule has 84 valence electrons. The molecule has 0 amide bonds.